The molecular weight excluding hydrogens is 366 g/mol. The number of nitrogens with two attached hydrogens (primary N) is 1. The number of primary amides is 1. The molecule has 2 rings (SSSR count). The van der Waals surface area contributed by atoms with Gasteiger partial charge < -0.3 is 20.7 Å². The highest BCUT2D eigenvalue weighted by atomic mass is 35.5. The number of ether oxygens (including phenoxy) is 1. The van der Waals surface area contributed by atoms with E-state index in [0.717, 1.165) is 17.0 Å². The van der Waals surface area contributed by atoms with E-state index in [1.807, 2.05) is 53.4 Å². The number of carbonyl (C=O) groups excluding carboxylic acids is 2. The van der Waals surface area contributed by atoms with E-state index < -0.39 is 5.91 Å². The Bertz CT molecular complexity index is 748. The number of rotatable bonds is 10. The summed E-state index contributed by atoms with van der Waals surface area (Å²) in [6, 6.07) is 14.8. The Morgan fingerprint density at radius 3 is 2.37 bits per heavy atom. The molecule has 144 valence electrons. The van der Waals surface area contributed by atoms with Crippen molar-refractivity contribution in [2.24, 2.45) is 5.73 Å². The quantitative estimate of drug-likeness (QED) is 0.653. The molecule has 7 heteroatoms. The number of methoxy groups -OCH3 is 1. The van der Waals surface area contributed by atoms with Gasteiger partial charge in [-0.3, -0.25) is 9.59 Å². The van der Waals surface area contributed by atoms with Gasteiger partial charge in [-0.1, -0.05) is 23.7 Å². The average Bonchev–Trinajstić information content (AvgIpc) is 2.66. The molecule has 0 saturated carbocycles. The molecule has 0 radical (unpaired) electrons. The molecule has 0 spiro atoms. The zero-order valence-electron chi connectivity index (χ0n) is 15.3. The Morgan fingerprint density at radius 1 is 1.11 bits per heavy atom. The van der Waals surface area contributed by atoms with E-state index in [1.165, 1.54) is 0 Å². The van der Waals surface area contributed by atoms with Gasteiger partial charge in [-0.2, -0.15) is 0 Å². The Kier molecular flexibility index (Phi) is 7.95. The second kappa shape index (κ2) is 10.4. The summed E-state index contributed by atoms with van der Waals surface area (Å²) in [5.41, 5.74) is 7.18. The van der Waals surface area contributed by atoms with E-state index in [2.05, 4.69) is 5.32 Å². The molecule has 0 atom stereocenters. The topological polar surface area (TPSA) is 84.7 Å². The summed E-state index contributed by atoms with van der Waals surface area (Å²) in [6.45, 7) is 1.03. The second-order valence-corrected chi connectivity index (χ2v) is 6.50. The molecule has 0 saturated heterocycles. The van der Waals surface area contributed by atoms with Crippen molar-refractivity contribution in [3.8, 4) is 5.75 Å². The van der Waals surface area contributed by atoms with Crippen molar-refractivity contribution < 1.29 is 14.3 Å². The van der Waals surface area contributed by atoms with Gasteiger partial charge in [0.25, 0.3) is 0 Å². The van der Waals surface area contributed by atoms with E-state index in [0.29, 0.717) is 24.5 Å². The third-order valence-corrected chi connectivity index (χ3v) is 4.30. The molecule has 0 bridgehead atoms. The van der Waals surface area contributed by atoms with Crippen molar-refractivity contribution in [2.75, 3.05) is 31.6 Å². The van der Waals surface area contributed by atoms with Crippen LogP contribution in [0.15, 0.2) is 48.5 Å². The molecular formula is C20H24ClN3O3. The largest absolute Gasteiger partial charge is 0.497 e. The molecule has 0 heterocycles. The van der Waals surface area contributed by atoms with Crippen LogP contribution in [0.4, 0.5) is 5.69 Å². The lowest BCUT2D eigenvalue weighted by Gasteiger charge is -2.24. The van der Waals surface area contributed by atoms with Crippen molar-refractivity contribution in [3.05, 3.63) is 59.1 Å². The predicted octanol–water partition coefficient (Wildman–Crippen LogP) is 2.39. The molecule has 0 aliphatic heterocycles. The van der Waals surface area contributed by atoms with Gasteiger partial charge in [-0.15, -0.1) is 0 Å². The molecule has 0 aliphatic rings. The third kappa shape index (κ3) is 7.19. The Balaban J connectivity index is 1.91. The molecule has 27 heavy (non-hydrogen) atoms. The monoisotopic (exact) mass is 389 g/mol. The number of halogens is 1. The van der Waals surface area contributed by atoms with Crippen LogP contribution in [0.5, 0.6) is 5.75 Å². The second-order valence-electron chi connectivity index (χ2n) is 6.06. The summed E-state index contributed by atoms with van der Waals surface area (Å²) in [6.07, 6.45) is 0.886. The summed E-state index contributed by atoms with van der Waals surface area (Å²) in [5.74, 6) is 0.196. The number of benzene rings is 2. The lowest BCUT2D eigenvalue weighted by Crippen LogP contribution is -2.39. The van der Waals surface area contributed by atoms with Crippen molar-refractivity contribution in [1.82, 2.24) is 5.32 Å². The van der Waals surface area contributed by atoms with E-state index in [1.54, 1.807) is 7.11 Å². The van der Waals surface area contributed by atoms with E-state index in [-0.39, 0.29) is 18.9 Å². The number of anilines is 1. The van der Waals surface area contributed by atoms with E-state index in [4.69, 9.17) is 22.1 Å². The lowest BCUT2D eigenvalue weighted by atomic mass is 10.1. The highest BCUT2D eigenvalue weighted by Gasteiger charge is 2.13. The first-order chi connectivity index (χ1) is 13.0. The summed E-state index contributed by atoms with van der Waals surface area (Å²) in [5, 5.41) is 3.59. The van der Waals surface area contributed by atoms with Crippen LogP contribution in [-0.2, 0) is 16.0 Å². The fraction of sp³-hybridized carbons (Fsp3) is 0.300. The summed E-state index contributed by atoms with van der Waals surface area (Å²) >= 11 is 5.87. The first-order valence-corrected chi connectivity index (χ1v) is 9.04. The Labute approximate surface area is 164 Å². The third-order valence-electron chi connectivity index (χ3n) is 4.05. The van der Waals surface area contributed by atoms with Crippen LogP contribution in [0.25, 0.3) is 0 Å². The first kappa shape index (κ1) is 20.6. The van der Waals surface area contributed by atoms with Crippen LogP contribution in [0.2, 0.25) is 5.02 Å². The number of amides is 2. The lowest BCUT2D eigenvalue weighted by molar-refractivity contribution is -0.120. The molecule has 0 fully saturated rings. The first-order valence-electron chi connectivity index (χ1n) is 8.66. The van der Waals surface area contributed by atoms with Crippen molar-refractivity contribution >= 4 is 29.1 Å². The molecule has 3 N–H and O–H groups in total. The van der Waals surface area contributed by atoms with Gasteiger partial charge in [0, 0.05) is 30.2 Å². The molecule has 2 aromatic carbocycles. The van der Waals surface area contributed by atoms with Gasteiger partial charge in [-0.05, 0) is 48.4 Å². The molecule has 0 unspecified atom stereocenters. The highest BCUT2D eigenvalue weighted by molar-refractivity contribution is 6.30. The molecule has 0 aliphatic carbocycles. The Hall–Kier alpha value is -2.73. The van der Waals surface area contributed by atoms with Crippen molar-refractivity contribution in [2.45, 2.75) is 12.8 Å². The standard InChI is InChI=1S/C20H24ClN3O3/c1-27-18-8-6-17(7-9-18)24(13-11-19(22)25)14-20(26)23-12-10-15-2-4-16(21)5-3-15/h2-9H,10-14H2,1H3,(H2,22,25)(H,23,26). The summed E-state index contributed by atoms with van der Waals surface area (Å²) in [4.78, 5) is 25.3. The number of nitrogens with zero attached hydrogens (tertiary/aromatic N) is 1. The van der Waals surface area contributed by atoms with Crippen LogP contribution in [-0.4, -0.2) is 38.6 Å². The number of hydrogen-bond acceptors (Lipinski definition) is 4. The van der Waals surface area contributed by atoms with Crippen LogP contribution in [0, 0.1) is 0 Å². The molecule has 2 amide bonds. The SMILES string of the molecule is COc1ccc(N(CCC(N)=O)CC(=O)NCCc2ccc(Cl)cc2)cc1. The van der Waals surface area contributed by atoms with Gasteiger partial charge in [0.05, 0.1) is 13.7 Å². The highest BCUT2D eigenvalue weighted by Crippen LogP contribution is 2.19. The van der Waals surface area contributed by atoms with Crippen molar-refractivity contribution in [1.29, 1.82) is 0 Å². The zero-order valence-corrected chi connectivity index (χ0v) is 16.0. The smallest absolute Gasteiger partial charge is 0.239 e. The van der Waals surface area contributed by atoms with Crippen LogP contribution < -0.4 is 20.7 Å². The van der Waals surface area contributed by atoms with E-state index in [9.17, 15) is 9.59 Å². The van der Waals surface area contributed by atoms with Crippen LogP contribution >= 0.6 is 11.6 Å². The zero-order chi connectivity index (χ0) is 19.6. The van der Waals surface area contributed by atoms with Crippen LogP contribution in [0.1, 0.15) is 12.0 Å². The van der Waals surface area contributed by atoms with Gasteiger partial charge >= 0.3 is 0 Å². The molecule has 6 nitrogen and oxygen atoms in total. The van der Waals surface area contributed by atoms with Gasteiger partial charge in [0.1, 0.15) is 5.75 Å². The van der Waals surface area contributed by atoms with E-state index >= 15 is 0 Å². The van der Waals surface area contributed by atoms with Gasteiger partial charge in [0.15, 0.2) is 0 Å². The normalized spacial score (nSPS) is 10.3. The number of carbonyl (C=O) groups is 2. The molecule has 0 aromatic heterocycles. The minimum atomic E-state index is -0.406. The number of hydrogen-bond donors (Lipinski definition) is 2. The number of nitrogens with one attached hydrogen (secondary N) is 1. The minimum Gasteiger partial charge on any atom is -0.497 e. The van der Waals surface area contributed by atoms with Crippen LogP contribution in [0.3, 0.4) is 0 Å². The minimum absolute atomic E-state index is 0.121. The Morgan fingerprint density at radius 2 is 1.78 bits per heavy atom. The van der Waals surface area contributed by atoms with Gasteiger partial charge in [-0.25, -0.2) is 0 Å². The predicted molar refractivity (Wildman–Crippen MR) is 107 cm³/mol. The fourth-order valence-electron chi connectivity index (χ4n) is 2.56. The van der Waals surface area contributed by atoms with Crippen molar-refractivity contribution in [3.63, 3.8) is 0 Å². The summed E-state index contributed by atoms with van der Waals surface area (Å²) in [7, 11) is 1.59. The maximum Gasteiger partial charge on any atom is 0.239 e. The summed E-state index contributed by atoms with van der Waals surface area (Å²) < 4.78 is 5.15. The maximum atomic E-state index is 12.3. The molecule has 2 aromatic rings. The average molecular weight is 390 g/mol. The maximum absolute atomic E-state index is 12.3. The fourth-order valence-corrected chi connectivity index (χ4v) is 2.69. The van der Waals surface area contributed by atoms with Gasteiger partial charge in [0.2, 0.25) is 11.8 Å².